The van der Waals surface area contributed by atoms with Gasteiger partial charge in [-0.25, -0.2) is 0 Å². The van der Waals surface area contributed by atoms with E-state index in [0.717, 1.165) is 0 Å². The lowest BCUT2D eigenvalue weighted by Crippen LogP contribution is -2.29. The zero-order valence-corrected chi connectivity index (χ0v) is 4.80. The Morgan fingerprint density at radius 1 is 1.00 bits per heavy atom. The molecule has 0 bridgehead atoms. The van der Waals surface area contributed by atoms with Crippen LogP contribution in [0.4, 0.5) is 22.0 Å². The molecule has 54 valence electrons. The number of hydrogen-bond donors (Lipinski definition) is 0. The Balaban J connectivity index is 4.32. The highest BCUT2D eigenvalue weighted by Crippen LogP contribution is 2.42. The van der Waals surface area contributed by atoms with Crippen LogP contribution in [-0.2, 0) is 4.57 Å². The quantitative estimate of drug-likeness (QED) is 0.432. The summed E-state index contributed by atoms with van der Waals surface area (Å²) in [5.74, 6) is 0. The van der Waals surface area contributed by atoms with Crippen LogP contribution < -0.4 is 0 Å². The molecule has 0 aliphatic heterocycles. The molecule has 0 heterocycles. The molecular weight excluding hydrogens is 166 g/mol. The summed E-state index contributed by atoms with van der Waals surface area (Å²) < 4.78 is 64.3. The second kappa shape index (κ2) is 2.17. The van der Waals surface area contributed by atoms with Gasteiger partial charge in [-0.3, -0.25) is 0 Å². The maximum Gasteiger partial charge on any atom is 0.537 e. The third-order valence-electron chi connectivity index (χ3n) is 0.484. The highest BCUT2D eigenvalue weighted by atomic mass is 31.1. The van der Waals surface area contributed by atoms with Crippen LogP contribution in [-0.4, -0.2) is 11.8 Å². The first-order valence-electron chi connectivity index (χ1n) is 1.65. The molecule has 0 aromatic heterocycles. The lowest BCUT2D eigenvalue weighted by atomic mass is 10.7. The van der Waals surface area contributed by atoms with Gasteiger partial charge < -0.3 is 0 Å². The third-order valence-corrected chi connectivity index (χ3v) is 1.02. The maximum absolute atomic E-state index is 11.2. The molecule has 0 aliphatic rings. The SMILES string of the molecule is O=[PH+]C(F)(F)C(F)(F)F. The van der Waals surface area contributed by atoms with E-state index in [0.29, 0.717) is 0 Å². The van der Waals surface area contributed by atoms with E-state index in [1.807, 2.05) is 0 Å². The van der Waals surface area contributed by atoms with Crippen molar-refractivity contribution in [2.45, 2.75) is 11.8 Å². The summed E-state index contributed by atoms with van der Waals surface area (Å²) in [6, 6.07) is 0. The molecule has 7 heteroatoms. The highest BCUT2D eigenvalue weighted by Gasteiger charge is 2.66. The molecule has 0 radical (unpaired) electrons. The normalized spacial score (nSPS) is 14.3. The first kappa shape index (κ1) is 8.75. The number of halogens is 5. The second-order valence-corrected chi connectivity index (χ2v) is 2.01. The minimum absolute atomic E-state index is 2.67. The number of rotatable bonds is 1. The number of alkyl halides is 5. The molecule has 1 nitrogen and oxygen atoms in total. The van der Waals surface area contributed by atoms with Crippen molar-refractivity contribution < 1.29 is 26.5 Å². The zero-order valence-electron chi connectivity index (χ0n) is 3.80. The first-order chi connectivity index (χ1) is 3.81. The molecular formula is C2HF5OP+. The Bertz CT molecular complexity index is 117. The molecule has 0 saturated carbocycles. The number of hydrogen-bond acceptors (Lipinski definition) is 1. The predicted molar refractivity (Wildman–Crippen MR) is 20.0 cm³/mol. The first-order valence-corrected chi connectivity index (χ1v) is 2.56. The summed E-state index contributed by atoms with van der Waals surface area (Å²) in [5.41, 5.74) is -5.05. The van der Waals surface area contributed by atoms with E-state index < -0.39 is 20.3 Å². The summed E-state index contributed by atoms with van der Waals surface area (Å²) in [4.78, 5) is 0. The van der Waals surface area contributed by atoms with E-state index in [9.17, 15) is 22.0 Å². The van der Waals surface area contributed by atoms with Crippen molar-refractivity contribution in [3.05, 3.63) is 0 Å². The Morgan fingerprint density at radius 3 is 1.33 bits per heavy atom. The molecule has 0 saturated heterocycles. The van der Waals surface area contributed by atoms with Crippen LogP contribution in [0.15, 0.2) is 0 Å². The van der Waals surface area contributed by atoms with Gasteiger partial charge in [0.1, 0.15) is 0 Å². The Kier molecular flexibility index (Phi) is 2.11. The van der Waals surface area contributed by atoms with Gasteiger partial charge in [-0.15, -0.1) is 8.78 Å². The zero-order chi connectivity index (χ0) is 7.71. The van der Waals surface area contributed by atoms with E-state index in [1.165, 1.54) is 0 Å². The van der Waals surface area contributed by atoms with E-state index in [-0.39, 0.29) is 0 Å². The van der Waals surface area contributed by atoms with Gasteiger partial charge >= 0.3 is 20.3 Å². The van der Waals surface area contributed by atoms with Crippen LogP contribution in [0.3, 0.4) is 0 Å². The van der Waals surface area contributed by atoms with Gasteiger partial charge in [0.05, 0.1) is 0 Å². The third kappa shape index (κ3) is 1.86. The lowest BCUT2D eigenvalue weighted by molar-refractivity contribution is -0.240. The topological polar surface area (TPSA) is 17.1 Å². The fourth-order valence-corrected chi connectivity index (χ4v) is 0.174. The molecule has 0 aromatic carbocycles. The van der Waals surface area contributed by atoms with Crippen molar-refractivity contribution in [2.24, 2.45) is 0 Å². The Morgan fingerprint density at radius 2 is 1.33 bits per heavy atom. The molecule has 0 rings (SSSR count). The highest BCUT2D eigenvalue weighted by molar-refractivity contribution is 7.25. The van der Waals surface area contributed by atoms with Crippen molar-refractivity contribution in [2.75, 3.05) is 0 Å². The van der Waals surface area contributed by atoms with Gasteiger partial charge in [0.2, 0.25) is 0 Å². The van der Waals surface area contributed by atoms with Gasteiger partial charge in [0.25, 0.3) is 0 Å². The standard InChI is InChI=1S/C2F5OP/c3-1(4,5)2(6,7)9-8/p+1. The fraction of sp³-hybridized carbons (Fsp3) is 1.00. The van der Waals surface area contributed by atoms with Crippen LogP contribution in [0.25, 0.3) is 0 Å². The molecule has 0 aliphatic carbocycles. The van der Waals surface area contributed by atoms with Crippen LogP contribution >= 0.6 is 8.46 Å². The smallest absolute Gasteiger partial charge is 0.161 e. The summed E-state index contributed by atoms with van der Waals surface area (Å²) in [7, 11) is -2.67. The van der Waals surface area contributed by atoms with Gasteiger partial charge in [-0.2, -0.15) is 13.2 Å². The van der Waals surface area contributed by atoms with Crippen molar-refractivity contribution in [3.8, 4) is 0 Å². The summed E-state index contributed by atoms with van der Waals surface area (Å²) >= 11 is 0. The molecule has 0 spiro atoms. The molecule has 1 atom stereocenters. The van der Waals surface area contributed by atoms with Gasteiger partial charge in [0.15, 0.2) is 0 Å². The molecule has 0 fully saturated rings. The molecule has 1 unspecified atom stereocenters. The summed E-state index contributed by atoms with van der Waals surface area (Å²) in [6.07, 6.45) is -5.69. The average Bonchev–Trinajstić information content (AvgIpc) is 1.64. The van der Waals surface area contributed by atoms with E-state index >= 15 is 0 Å². The van der Waals surface area contributed by atoms with E-state index in [2.05, 4.69) is 0 Å². The van der Waals surface area contributed by atoms with Crippen molar-refractivity contribution in [1.29, 1.82) is 0 Å². The molecule has 0 aromatic rings. The van der Waals surface area contributed by atoms with Crippen LogP contribution in [0.5, 0.6) is 0 Å². The van der Waals surface area contributed by atoms with Crippen LogP contribution in [0, 0.1) is 0 Å². The second-order valence-electron chi connectivity index (χ2n) is 1.17. The minimum atomic E-state index is -5.69. The van der Waals surface area contributed by atoms with E-state index in [4.69, 9.17) is 4.57 Å². The monoisotopic (exact) mass is 167 g/mol. The van der Waals surface area contributed by atoms with Gasteiger partial charge in [0, 0.05) is 0 Å². The molecule has 0 amide bonds. The van der Waals surface area contributed by atoms with Crippen LogP contribution in [0.2, 0.25) is 0 Å². The van der Waals surface area contributed by atoms with Gasteiger partial charge in [-0.05, 0) is 0 Å². The van der Waals surface area contributed by atoms with Gasteiger partial charge in [-0.1, -0.05) is 4.57 Å². The molecule has 0 N–H and O–H groups in total. The van der Waals surface area contributed by atoms with Crippen LogP contribution in [0.1, 0.15) is 0 Å². The Labute approximate surface area is 48.1 Å². The maximum atomic E-state index is 11.2. The minimum Gasteiger partial charge on any atom is -0.161 e. The van der Waals surface area contributed by atoms with Crippen molar-refractivity contribution in [3.63, 3.8) is 0 Å². The van der Waals surface area contributed by atoms with E-state index in [1.54, 1.807) is 0 Å². The fourth-order valence-electron chi connectivity index (χ4n) is 0.0579. The summed E-state index contributed by atoms with van der Waals surface area (Å²) in [5, 5.41) is 0. The predicted octanol–water partition coefficient (Wildman–Crippen LogP) is 2.17. The molecule has 9 heavy (non-hydrogen) atoms. The van der Waals surface area contributed by atoms with Crippen molar-refractivity contribution >= 4 is 8.46 Å². The lowest BCUT2D eigenvalue weighted by Gasteiger charge is -2.04. The van der Waals surface area contributed by atoms with Crippen molar-refractivity contribution in [1.82, 2.24) is 0 Å². The Hall–Kier alpha value is -0.250. The average molecular weight is 167 g/mol. The largest absolute Gasteiger partial charge is 0.537 e. The summed E-state index contributed by atoms with van der Waals surface area (Å²) in [6.45, 7) is 0.